The number of hydrogen-bond acceptors (Lipinski definition) is 2. The highest BCUT2D eigenvalue weighted by molar-refractivity contribution is 9.10. The molecular weight excluding hydrogens is 340 g/mol. The first-order chi connectivity index (χ1) is 9.10. The van der Waals surface area contributed by atoms with Crippen LogP contribution in [-0.2, 0) is 10.2 Å². The van der Waals surface area contributed by atoms with Gasteiger partial charge in [0.2, 0.25) is 5.91 Å². The Morgan fingerprint density at radius 1 is 1.35 bits per heavy atom. The minimum absolute atomic E-state index is 0. The van der Waals surface area contributed by atoms with Gasteiger partial charge in [0.15, 0.2) is 0 Å². The monoisotopic (exact) mass is 360 g/mol. The summed E-state index contributed by atoms with van der Waals surface area (Å²) in [5.41, 5.74) is 0.881. The fourth-order valence-corrected chi connectivity index (χ4v) is 2.94. The average Bonchev–Trinajstić information content (AvgIpc) is 2.36. The lowest BCUT2D eigenvalue weighted by atomic mass is 9.63. The molecule has 1 aromatic carbocycles. The van der Waals surface area contributed by atoms with Gasteiger partial charge in [0.05, 0.1) is 5.41 Å². The molecule has 1 aliphatic carbocycles. The molecule has 0 heterocycles. The summed E-state index contributed by atoms with van der Waals surface area (Å²) in [6.07, 6.45) is 3.08. The normalized spacial score (nSPS) is 15.9. The van der Waals surface area contributed by atoms with E-state index in [1.165, 1.54) is 0 Å². The van der Waals surface area contributed by atoms with Crippen LogP contribution in [0.3, 0.4) is 0 Å². The van der Waals surface area contributed by atoms with Gasteiger partial charge in [-0.3, -0.25) is 4.79 Å². The van der Waals surface area contributed by atoms with Crippen molar-refractivity contribution in [2.24, 2.45) is 0 Å². The molecule has 1 aromatic rings. The Morgan fingerprint density at radius 3 is 2.40 bits per heavy atom. The predicted molar refractivity (Wildman–Crippen MR) is 88.5 cm³/mol. The molecule has 0 radical (unpaired) electrons. The van der Waals surface area contributed by atoms with Crippen LogP contribution < -0.4 is 5.32 Å². The summed E-state index contributed by atoms with van der Waals surface area (Å²) in [6, 6.07) is 8.20. The first-order valence-corrected chi connectivity index (χ1v) is 7.56. The molecule has 0 aromatic heterocycles. The number of nitrogens with zero attached hydrogens (tertiary/aromatic N) is 1. The first-order valence-electron chi connectivity index (χ1n) is 6.76. The Balaban J connectivity index is 0.00000200. The van der Waals surface area contributed by atoms with Crippen LogP contribution in [0.25, 0.3) is 0 Å². The molecule has 0 bridgehead atoms. The molecule has 0 spiro atoms. The molecule has 1 N–H and O–H groups in total. The van der Waals surface area contributed by atoms with Crippen molar-refractivity contribution in [1.82, 2.24) is 10.2 Å². The van der Waals surface area contributed by atoms with Gasteiger partial charge in [-0.15, -0.1) is 12.4 Å². The van der Waals surface area contributed by atoms with Crippen molar-refractivity contribution in [2.75, 3.05) is 27.2 Å². The first kappa shape index (κ1) is 17.5. The molecule has 3 nitrogen and oxygen atoms in total. The van der Waals surface area contributed by atoms with E-state index in [0.29, 0.717) is 0 Å². The lowest BCUT2D eigenvalue weighted by Gasteiger charge is -2.43. The van der Waals surface area contributed by atoms with Crippen molar-refractivity contribution >= 4 is 34.2 Å². The molecule has 5 heteroatoms. The molecule has 0 saturated heterocycles. The molecule has 112 valence electrons. The lowest BCUT2D eigenvalue weighted by Crippen LogP contribution is -2.50. The maximum Gasteiger partial charge on any atom is 0.233 e. The summed E-state index contributed by atoms with van der Waals surface area (Å²) in [5, 5.41) is 3.09. The average molecular weight is 362 g/mol. The van der Waals surface area contributed by atoms with Crippen molar-refractivity contribution in [3.05, 3.63) is 34.3 Å². The van der Waals surface area contributed by atoms with Crippen LogP contribution >= 0.6 is 28.3 Å². The van der Waals surface area contributed by atoms with Crippen molar-refractivity contribution in [3.8, 4) is 0 Å². The van der Waals surface area contributed by atoms with Gasteiger partial charge >= 0.3 is 0 Å². The summed E-state index contributed by atoms with van der Waals surface area (Å²) < 4.78 is 1.06. The van der Waals surface area contributed by atoms with Gasteiger partial charge in [0.25, 0.3) is 0 Å². The Morgan fingerprint density at radius 2 is 1.95 bits per heavy atom. The second-order valence-electron chi connectivity index (χ2n) is 5.27. The van der Waals surface area contributed by atoms with E-state index in [1.807, 2.05) is 31.1 Å². The summed E-state index contributed by atoms with van der Waals surface area (Å²) in [4.78, 5) is 14.6. The summed E-state index contributed by atoms with van der Waals surface area (Å²) in [5.74, 6) is 0.260. The van der Waals surface area contributed by atoms with Crippen LogP contribution in [0.2, 0.25) is 0 Å². The highest BCUT2D eigenvalue weighted by Gasteiger charge is 2.46. The van der Waals surface area contributed by atoms with Gasteiger partial charge in [0, 0.05) is 24.6 Å². The van der Waals surface area contributed by atoms with E-state index in [0.717, 1.165) is 42.4 Å². The lowest BCUT2D eigenvalue weighted by molar-refractivity contribution is -0.139. The summed E-state index contributed by atoms with van der Waals surface area (Å²) in [7, 11) is 3.81. The van der Waals surface area contributed by atoms with Gasteiger partial charge in [0.1, 0.15) is 0 Å². The molecule has 0 atom stereocenters. The second-order valence-corrected chi connectivity index (χ2v) is 6.19. The van der Waals surface area contributed by atoms with E-state index < -0.39 is 0 Å². The number of rotatable bonds is 5. The SMILES string of the molecule is CNCCN(C)C(=O)C1(c2ccc(Br)cc2)CCC1.Cl. The Kier molecular flexibility index (Phi) is 6.49. The van der Waals surface area contributed by atoms with Crippen LogP contribution in [0.15, 0.2) is 28.7 Å². The molecule has 1 saturated carbocycles. The minimum Gasteiger partial charge on any atom is -0.344 e. The number of carbonyl (C=O) groups excluding carboxylic acids is 1. The smallest absolute Gasteiger partial charge is 0.233 e. The Labute approximate surface area is 135 Å². The van der Waals surface area contributed by atoms with Crippen molar-refractivity contribution in [3.63, 3.8) is 0 Å². The second kappa shape index (κ2) is 7.43. The standard InChI is InChI=1S/C15H21BrN2O.ClH/c1-17-10-11-18(2)14(19)15(8-3-9-15)12-4-6-13(16)7-5-12;/h4-7,17H,3,8-11H2,1-2H3;1H. The fourth-order valence-electron chi connectivity index (χ4n) is 2.67. The quantitative estimate of drug-likeness (QED) is 0.874. The van der Waals surface area contributed by atoms with Gasteiger partial charge in [-0.25, -0.2) is 0 Å². The Bertz CT molecular complexity index is 446. The van der Waals surface area contributed by atoms with E-state index in [4.69, 9.17) is 0 Å². The molecule has 1 fully saturated rings. The van der Waals surface area contributed by atoms with Crippen LogP contribution in [-0.4, -0.2) is 38.0 Å². The maximum absolute atomic E-state index is 12.7. The highest BCUT2D eigenvalue weighted by atomic mass is 79.9. The predicted octanol–water partition coefficient (Wildman–Crippen LogP) is 2.97. The van der Waals surface area contributed by atoms with Crippen molar-refractivity contribution in [2.45, 2.75) is 24.7 Å². The van der Waals surface area contributed by atoms with E-state index in [9.17, 15) is 4.79 Å². The number of hydrogen-bond donors (Lipinski definition) is 1. The van der Waals surface area contributed by atoms with Gasteiger partial charge in [-0.2, -0.15) is 0 Å². The third-order valence-corrected chi connectivity index (χ3v) is 4.59. The topological polar surface area (TPSA) is 32.3 Å². The van der Waals surface area contributed by atoms with Crippen LogP contribution in [0.4, 0.5) is 0 Å². The van der Waals surface area contributed by atoms with Crippen LogP contribution in [0.1, 0.15) is 24.8 Å². The van der Waals surface area contributed by atoms with E-state index in [-0.39, 0.29) is 23.7 Å². The van der Waals surface area contributed by atoms with Crippen LogP contribution in [0.5, 0.6) is 0 Å². The third-order valence-electron chi connectivity index (χ3n) is 4.06. The number of amides is 1. The van der Waals surface area contributed by atoms with Gasteiger partial charge in [-0.1, -0.05) is 34.5 Å². The fraction of sp³-hybridized carbons (Fsp3) is 0.533. The molecule has 1 amide bonds. The number of halogens is 2. The molecule has 0 unspecified atom stereocenters. The molecule has 1 aliphatic rings. The largest absolute Gasteiger partial charge is 0.344 e. The van der Waals surface area contributed by atoms with Gasteiger partial charge in [-0.05, 0) is 37.6 Å². The number of likely N-dealkylation sites (N-methyl/N-ethyl adjacent to an activating group) is 2. The third kappa shape index (κ3) is 3.35. The Hall–Kier alpha value is -0.580. The van der Waals surface area contributed by atoms with E-state index >= 15 is 0 Å². The van der Waals surface area contributed by atoms with Crippen LogP contribution in [0, 0.1) is 0 Å². The number of benzene rings is 1. The number of nitrogens with one attached hydrogen (secondary N) is 1. The summed E-state index contributed by atoms with van der Waals surface area (Å²) in [6.45, 7) is 1.59. The minimum atomic E-state index is -0.275. The zero-order valence-electron chi connectivity index (χ0n) is 12.0. The van der Waals surface area contributed by atoms with Gasteiger partial charge < -0.3 is 10.2 Å². The van der Waals surface area contributed by atoms with E-state index in [2.05, 4.69) is 33.4 Å². The summed E-state index contributed by atoms with van der Waals surface area (Å²) >= 11 is 3.45. The van der Waals surface area contributed by atoms with E-state index in [1.54, 1.807) is 0 Å². The van der Waals surface area contributed by atoms with Crippen molar-refractivity contribution in [1.29, 1.82) is 0 Å². The zero-order chi connectivity index (χ0) is 13.9. The molecular formula is C15H22BrClN2O. The molecule has 2 rings (SSSR count). The molecule has 0 aliphatic heterocycles. The highest BCUT2D eigenvalue weighted by Crippen LogP contribution is 2.45. The molecule has 20 heavy (non-hydrogen) atoms. The number of carbonyl (C=O) groups is 1. The zero-order valence-corrected chi connectivity index (χ0v) is 14.4. The maximum atomic E-state index is 12.7. The van der Waals surface area contributed by atoms with Crippen molar-refractivity contribution < 1.29 is 4.79 Å².